The molecule has 0 aliphatic heterocycles. The van der Waals surface area contributed by atoms with E-state index >= 15 is 0 Å². The van der Waals surface area contributed by atoms with Gasteiger partial charge in [-0.15, -0.1) is 0 Å². The number of aliphatic hydroxyl groups is 2. The molecular formula is C20H23O3P. The Morgan fingerprint density at radius 2 is 1.33 bits per heavy atom. The summed E-state index contributed by atoms with van der Waals surface area (Å²) in [6, 6.07) is 19.1. The van der Waals surface area contributed by atoms with E-state index in [1.807, 2.05) is 66.7 Å². The molecule has 0 radical (unpaired) electrons. The van der Waals surface area contributed by atoms with Crippen LogP contribution in [-0.4, -0.2) is 28.6 Å². The van der Waals surface area contributed by atoms with Crippen LogP contribution in [0.2, 0.25) is 0 Å². The van der Waals surface area contributed by atoms with Gasteiger partial charge in [0.05, 0.1) is 12.2 Å². The van der Waals surface area contributed by atoms with Gasteiger partial charge in [0, 0.05) is 16.8 Å². The van der Waals surface area contributed by atoms with Crippen LogP contribution < -0.4 is 10.6 Å². The van der Waals surface area contributed by atoms with Crippen LogP contribution >= 0.6 is 7.14 Å². The maximum Gasteiger partial charge on any atom is 0.146 e. The molecule has 3 rings (SSSR count). The Hall–Kier alpha value is -1.67. The Balaban J connectivity index is 1.93. The van der Waals surface area contributed by atoms with E-state index in [4.69, 9.17) is 0 Å². The third kappa shape index (κ3) is 3.87. The van der Waals surface area contributed by atoms with Gasteiger partial charge in [-0.25, -0.2) is 0 Å². The van der Waals surface area contributed by atoms with Gasteiger partial charge in [-0.2, -0.15) is 0 Å². The normalized spacial score (nSPS) is 21.5. The fraction of sp³-hybridized carbons (Fsp3) is 0.300. The molecule has 1 aliphatic rings. The van der Waals surface area contributed by atoms with Gasteiger partial charge in [0.2, 0.25) is 0 Å². The number of aliphatic hydroxyl groups excluding tert-OH is 2. The molecule has 1 aliphatic carbocycles. The first kappa shape index (κ1) is 17.2. The van der Waals surface area contributed by atoms with Crippen LogP contribution in [0.4, 0.5) is 0 Å². The molecule has 126 valence electrons. The van der Waals surface area contributed by atoms with Crippen LogP contribution in [-0.2, 0) is 4.57 Å². The second kappa shape index (κ2) is 7.48. The smallest absolute Gasteiger partial charge is 0.146 e. The van der Waals surface area contributed by atoms with E-state index in [0.29, 0.717) is 25.4 Å². The fourth-order valence-corrected chi connectivity index (χ4v) is 5.83. The highest BCUT2D eigenvalue weighted by molar-refractivity contribution is 7.78. The number of rotatable bonds is 4. The lowest BCUT2D eigenvalue weighted by molar-refractivity contribution is 0.0609. The van der Waals surface area contributed by atoms with Crippen molar-refractivity contribution in [3.05, 3.63) is 72.3 Å². The zero-order chi connectivity index (χ0) is 17.0. The molecule has 1 fully saturated rings. The highest BCUT2D eigenvalue weighted by Gasteiger charge is 2.27. The van der Waals surface area contributed by atoms with Gasteiger partial charge < -0.3 is 14.8 Å². The predicted octanol–water partition coefficient (Wildman–Crippen LogP) is 2.83. The Labute approximate surface area is 143 Å². The molecule has 0 amide bonds. The van der Waals surface area contributed by atoms with Gasteiger partial charge in [-0.3, -0.25) is 0 Å². The summed E-state index contributed by atoms with van der Waals surface area (Å²) in [5.74, 6) is 0. The molecule has 0 bridgehead atoms. The van der Waals surface area contributed by atoms with E-state index < -0.39 is 19.3 Å². The largest absolute Gasteiger partial charge is 0.393 e. The minimum atomic E-state index is -2.77. The van der Waals surface area contributed by atoms with Gasteiger partial charge in [0.25, 0.3) is 0 Å². The molecule has 2 aromatic rings. The van der Waals surface area contributed by atoms with Crippen molar-refractivity contribution in [1.82, 2.24) is 0 Å². The summed E-state index contributed by atoms with van der Waals surface area (Å²) in [7, 11) is -2.77. The summed E-state index contributed by atoms with van der Waals surface area (Å²) in [6.07, 6.45) is 2.90. The number of benzene rings is 2. The Kier molecular flexibility index (Phi) is 5.35. The van der Waals surface area contributed by atoms with E-state index in [9.17, 15) is 14.8 Å². The lowest BCUT2D eigenvalue weighted by atomic mass is 9.90. The summed E-state index contributed by atoms with van der Waals surface area (Å²) in [5, 5.41) is 21.4. The summed E-state index contributed by atoms with van der Waals surface area (Å²) < 4.78 is 13.9. The first-order chi connectivity index (χ1) is 11.6. The third-order valence-corrected chi connectivity index (χ3v) is 7.48. The maximum absolute atomic E-state index is 13.9. The van der Waals surface area contributed by atoms with Crippen LogP contribution in [0, 0.1) is 0 Å². The van der Waals surface area contributed by atoms with Crippen molar-refractivity contribution in [2.24, 2.45) is 0 Å². The van der Waals surface area contributed by atoms with Gasteiger partial charge >= 0.3 is 0 Å². The minimum Gasteiger partial charge on any atom is -0.393 e. The minimum absolute atomic E-state index is 0.413. The Bertz CT molecular complexity index is 684. The van der Waals surface area contributed by atoms with Crippen LogP contribution in [0.15, 0.2) is 72.3 Å². The van der Waals surface area contributed by atoms with E-state index in [2.05, 4.69) is 0 Å². The number of hydrogen-bond donors (Lipinski definition) is 2. The first-order valence-electron chi connectivity index (χ1n) is 8.32. The second-order valence-electron chi connectivity index (χ2n) is 6.41. The molecular weight excluding hydrogens is 319 g/mol. The molecule has 3 nitrogen and oxygen atoms in total. The molecule has 24 heavy (non-hydrogen) atoms. The summed E-state index contributed by atoms with van der Waals surface area (Å²) >= 11 is 0. The van der Waals surface area contributed by atoms with Gasteiger partial charge in [0.1, 0.15) is 7.14 Å². The maximum atomic E-state index is 13.9. The van der Waals surface area contributed by atoms with Crippen molar-refractivity contribution < 1.29 is 14.8 Å². The lowest BCUT2D eigenvalue weighted by Crippen LogP contribution is -2.25. The van der Waals surface area contributed by atoms with Crippen molar-refractivity contribution in [1.29, 1.82) is 0 Å². The SMILES string of the molecule is O=P(CC=C1C[C@@H](O)C[C@H](O)C1)(c1ccccc1)c1ccccc1. The standard InChI is InChI=1S/C20H23O3P/c21-17-13-16(14-18(22)15-17)11-12-24(23,19-7-3-1-4-8-19)20-9-5-2-6-10-20/h1-11,17-18,21-22H,12-15H2/t17-,18-/m1/s1. The van der Waals surface area contributed by atoms with E-state index in [0.717, 1.165) is 16.2 Å². The second-order valence-corrected chi connectivity index (χ2v) is 9.28. The van der Waals surface area contributed by atoms with Gasteiger partial charge in [0.15, 0.2) is 0 Å². The molecule has 0 spiro atoms. The van der Waals surface area contributed by atoms with Crippen LogP contribution in [0.3, 0.4) is 0 Å². The van der Waals surface area contributed by atoms with E-state index in [-0.39, 0.29) is 0 Å². The lowest BCUT2D eigenvalue weighted by Gasteiger charge is -2.25. The third-order valence-electron chi connectivity index (χ3n) is 4.52. The average molecular weight is 342 g/mol. The van der Waals surface area contributed by atoms with Gasteiger partial charge in [-0.05, 0) is 19.3 Å². The zero-order valence-corrected chi connectivity index (χ0v) is 14.5. The molecule has 0 unspecified atom stereocenters. The Morgan fingerprint density at radius 3 is 1.79 bits per heavy atom. The predicted molar refractivity (Wildman–Crippen MR) is 98.6 cm³/mol. The molecule has 0 saturated heterocycles. The fourth-order valence-electron chi connectivity index (χ4n) is 3.29. The van der Waals surface area contributed by atoms with E-state index in [1.165, 1.54) is 0 Å². The monoisotopic (exact) mass is 342 g/mol. The summed E-state index contributed by atoms with van der Waals surface area (Å²) in [4.78, 5) is 0. The van der Waals surface area contributed by atoms with Crippen molar-refractivity contribution in [2.45, 2.75) is 31.5 Å². The van der Waals surface area contributed by atoms with Crippen LogP contribution in [0.25, 0.3) is 0 Å². The van der Waals surface area contributed by atoms with Crippen molar-refractivity contribution in [3.63, 3.8) is 0 Å². The van der Waals surface area contributed by atoms with Gasteiger partial charge in [-0.1, -0.05) is 72.3 Å². The topological polar surface area (TPSA) is 57.5 Å². The average Bonchev–Trinajstić information content (AvgIpc) is 2.60. The van der Waals surface area contributed by atoms with Crippen LogP contribution in [0.1, 0.15) is 19.3 Å². The van der Waals surface area contributed by atoms with Crippen molar-refractivity contribution >= 4 is 17.8 Å². The zero-order valence-electron chi connectivity index (χ0n) is 13.6. The molecule has 2 atom stereocenters. The Morgan fingerprint density at radius 1 is 0.875 bits per heavy atom. The first-order valence-corrected chi connectivity index (χ1v) is 10.2. The van der Waals surface area contributed by atoms with Crippen LogP contribution in [0.5, 0.6) is 0 Å². The number of hydrogen-bond acceptors (Lipinski definition) is 3. The number of allylic oxidation sites excluding steroid dienone is 1. The van der Waals surface area contributed by atoms with E-state index in [1.54, 1.807) is 0 Å². The molecule has 0 heterocycles. The molecule has 2 N–H and O–H groups in total. The molecule has 0 aromatic heterocycles. The highest BCUT2D eigenvalue weighted by Crippen LogP contribution is 2.44. The molecule has 4 heteroatoms. The summed E-state index contributed by atoms with van der Waals surface area (Å²) in [5.41, 5.74) is 0.994. The summed E-state index contributed by atoms with van der Waals surface area (Å²) in [6.45, 7) is 0. The molecule has 1 saturated carbocycles. The van der Waals surface area contributed by atoms with Crippen molar-refractivity contribution in [2.75, 3.05) is 6.16 Å². The molecule has 2 aromatic carbocycles. The quantitative estimate of drug-likeness (QED) is 0.664. The highest BCUT2D eigenvalue weighted by atomic mass is 31.2. The van der Waals surface area contributed by atoms with Crippen molar-refractivity contribution in [3.8, 4) is 0 Å².